The molecule has 9 nitrogen and oxygen atoms in total. The highest BCUT2D eigenvalue weighted by atomic mass is 16.6. The van der Waals surface area contributed by atoms with Crippen LogP contribution in [0.15, 0.2) is 61.2 Å². The topological polar surface area (TPSA) is 114 Å². The van der Waals surface area contributed by atoms with E-state index in [-0.39, 0.29) is 13.0 Å². The number of unbranched alkanes of at least 4 members (excludes halogenated alkanes) is 3. The molecule has 0 aliphatic carbocycles. The molecule has 2 rings (SSSR count). The monoisotopic (exact) mass is 635 g/mol. The van der Waals surface area contributed by atoms with Gasteiger partial charge in [0.1, 0.15) is 29.3 Å². The quantitative estimate of drug-likeness (QED) is 0.165. The van der Waals surface area contributed by atoms with Gasteiger partial charge < -0.3 is 25.0 Å². The maximum absolute atomic E-state index is 14.4. The van der Waals surface area contributed by atoms with Crippen LogP contribution in [0.25, 0.3) is 6.08 Å². The molecule has 0 bridgehead atoms. The number of alkyl carbamates (subject to hydrolysis) is 1. The SMILES string of the molecule is C=Cc1cccc(C(C(=O)NC(Cc2ccccc2)C(=O)OC(C)(C)C)N(CCCCCC)C(=O)C(C)NC(=O)OC(C)(C)C)c1. The largest absolute Gasteiger partial charge is 0.458 e. The lowest BCUT2D eigenvalue weighted by molar-refractivity contribution is -0.159. The Morgan fingerprint density at radius 3 is 2.11 bits per heavy atom. The van der Waals surface area contributed by atoms with E-state index in [1.54, 1.807) is 72.7 Å². The molecule has 2 aromatic carbocycles. The number of nitrogens with zero attached hydrogens (tertiary/aromatic N) is 1. The smallest absolute Gasteiger partial charge is 0.408 e. The van der Waals surface area contributed by atoms with Crippen molar-refractivity contribution in [1.29, 1.82) is 0 Å². The van der Waals surface area contributed by atoms with Gasteiger partial charge >= 0.3 is 12.1 Å². The van der Waals surface area contributed by atoms with E-state index in [0.29, 0.717) is 12.0 Å². The van der Waals surface area contributed by atoms with Crippen LogP contribution < -0.4 is 10.6 Å². The van der Waals surface area contributed by atoms with Crippen molar-refractivity contribution < 1.29 is 28.7 Å². The second kappa shape index (κ2) is 17.5. The summed E-state index contributed by atoms with van der Waals surface area (Å²) in [5.41, 5.74) is 0.618. The molecule has 0 heterocycles. The second-order valence-corrected chi connectivity index (χ2v) is 13.5. The van der Waals surface area contributed by atoms with Gasteiger partial charge in [0.05, 0.1) is 0 Å². The molecule has 46 heavy (non-hydrogen) atoms. The van der Waals surface area contributed by atoms with Crippen LogP contribution in [0.1, 0.15) is 104 Å². The van der Waals surface area contributed by atoms with E-state index >= 15 is 0 Å². The summed E-state index contributed by atoms with van der Waals surface area (Å²) >= 11 is 0. The Bertz CT molecular complexity index is 1310. The summed E-state index contributed by atoms with van der Waals surface area (Å²) in [6, 6.07) is 13.5. The molecule has 252 valence electrons. The van der Waals surface area contributed by atoms with E-state index in [2.05, 4.69) is 24.1 Å². The maximum Gasteiger partial charge on any atom is 0.408 e. The molecular formula is C37H53N3O6. The first kappa shape index (κ1) is 38.0. The van der Waals surface area contributed by atoms with Crippen molar-refractivity contribution in [2.75, 3.05) is 6.54 Å². The van der Waals surface area contributed by atoms with Crippen molar-refractivity contribution in [2.24, 2.45) is 0 Å². The Balaban J connectivity index is 2.57. The predicted octanol–water partition coefficient (Wildman–Crippen LogP) is 6.76. The van der Waals surface area contributed by atoms with E-state index in [9.17, 15) is 19.2 Å². The number of hydrogen-bond acceptors (Lipinski definition) is 6. The van der Waals surface area contributed by atoms with Crippen LogP contribution >= 0.6 is 0 Å². The molecule has 0 radical (unpaired) electrons. The minimum Gasteiger partial charge on any atom is -0.458 e. The highest BCUT2D eigenvalue weighted by molar-refractivity contribution is 5.94. The van der Waals surface area contributed by atoms with Crippen molar-refractivity contribution in [1.82, 2.24) is 15.5 Å². The lowest BCUT2D eigenvalue weighted by Crippen LogP contribution is -2.54. The van der Waals surface area contributed by atoms with Crippen LogP contribution in [-0.4, -0.2) is 58.6 Å². The average molecular weight is 636 g/mol. The van der Waals surface area contributed by atoms with E-state index in [1.807, 2.05) is 36.4 Å². The summed E-state index contributed by atoms with van der Waals surface area (Å²) < 4.78 is 11.1. The Morgan fingerprint density at radius 2 is 1.52 bits per heavy atom. The third-order valence-corrected chi connectivity index (χ3v) is 6.95. The fourth-order valence-electron chi connectivity index (χ4n) is 4.87. The molecule has 2 N–H and O–H groups in total. The Morgan fingerprint density at radius 1 is 0.870 bits per heavy atom. The molecular weight excluding hydrogens is 582 g/mol. The summed E-state index contributed by atoms with van der Waals surface area (Å²) in [5.74, 6) is -1.58. The molecule has 0 aliphatic heterocycles. The fraction of sp³-hybridized carbons (Fsp3) is 0.514. The van der Waals surface area contributed by atoms with Gasteiger partial charge in [-0.1, -0.05) is 87.4 Å². The van der Waals surface area contributed by atoms with Gasteiger partial charge in [0.15, 0.2) is 0 Å². The summed E-state index contributed by atoms with van der Waals surface area (Å²) in [6.07, 6.45) is 4.58. The first-order chi connectivity index (χ1) is 21.5. The lowest BCUT2D eigenvalue weighted by Gasteiger charge is -2.35. The van der Waals surface area contributed by atoms with Gasteiger partial charge in [-0.3, -0.25) is 9.59 Å². The first-order valence-electron chi connectivity index (χ1n) is 16.1. The van der Waals surface area contributed by atoms with Crippen LogP contribution in [-0.2, 0) is 30.3 Å². The van der Waals surface area contributed by atoms with Crippen LogP contribution in [0.4, 0.5) is 4.79 Å². The highest BCUT2D eigenvalue weighted by Crippen LogP contribution is 2.26. The molecule has 0 aromatic heterocycles. The normalized spacial score (nSPS) is 13.5. The molecule has 0 saturated heterocycles. The van der Waals surface area contributed by atoms with Crippen molar-refractivity contribution >= 4 is 30.0 Å². The number of rotatable bonds is 15. The molecule has 3 amide bonds. The van der Waals surface area contributed by atoms with Gasteiger partial charge in [-0.25, -0.2) is 9.59 Å². The minimum absolute atomic E-state index is 0.196. The van der Waals surface area contributed by atoms with E-state index in [1.165, 1.54) is 4.90 Å². The predicted molar refractivity (Wildman–Crippen MR) is 182 cm³/mol. The number of esters is 1. The zero-order chi connectivity index (χ0) is 34.5. The van der Waals surface area contributed by atoms with E-state index in [0.717, 1.165) is 30.4 Å². The van der Waals surface area contributed by atoms with Gasteiger partial charge in [0.25, 0.3) is 0 Å². The Hall–Kier alpha value is -4.14. The molecule has 0 saturated carbocycles. The summed E-state index contributed by atoms with van der Waals surface area (Å²) in [7, 11) is 0. The van der Waals surface area contributed by atoms with Crippen molar-refractivity contribution in [3.63, 3.8) is 0 Å². The minimum atomic E-state index is -1.11. The average Bonchev–Trinajstić information content (AvgIpc) is 2.96. The van der Waals surface area contributed by atoms with Crippen LogP contribution in [0.2, 0.25) is 0 Å². The third-order valence-electron chi connectivity index (χ3n) is 6.95. The van der Waals surface area contributed by atoms with Crippen molar-refractivity contribution in [2.45, 2.75) is 117 Å². The Kier molecular flexibility index (Phi) is 14.5. The third kappa shape index (κ3) is 13.1. The number of ether oxygens (including phenoxy) is 2. The van der Waals surface area contributed by atoms with Crippen LogP contribution in [0.3, 0.4) is 0 Å². The second-order valence-electron chi connectivity index (χ2n) is 13.5. The number of carbonyl (C=O) groups is 4. The molecule has 9 heteroatoms. The molecule has 2 aromatic rings. The molecule has 0 fully saturated rings. The molecule has 0 spiro atoms. The summed E-state index contributed by atoms with van der Waals surface area (Å²) in [6.45, 7) is 18.3. The first-order valence-corrected chi connectivity index (χ1v) is 16.1. The van der Waals surface area contributed by atoms with Gasteiger partial charge in [0.2, 0.25) is 11.8 Å². The number of amides is 3. The Labute approximate surface area is 275 Å². The van der Waals surface area contributed by atoms with Crippen molar-refractivity contribution in [3.8, 4) is 0 Å². The number of benzene rings is 2. The fourth-order valence-corrected chi connectivity index (χ4v) is 4.87. The lowest BCUT2D eigenvalue weighted by atomic mass is 9.98. The summed E-state index contributed by atoms with van der Waals surface area (Å²) in [4.78, 5) is 56.1. The van der Waals surface area contributed by atoms with Gasteiger partial charge in [0, 0.05) is 13.0 Å². The van der Waals surface area contributed by atoms with E-state index < -0.39 is 53.2 Å². The number of carbonyl (C=O) groups excluding carboxylic acids is 4. The van der Waals surface area contributed by atoms with Gasteiger partial charge in [-0.05, 0) is 77.6 Å². The van der Waals surface area contributed by atoms with Gasteiger partial charge in [-0.15, -0.1) is 0 Å². The maximum atomic E-state index is 14.4. The van der Waals surface area contributed by atoms with Crippen LogP contribution in [0, 0.1) is 0 Å². The number of hydrogen-bond donors (Lipinski definition) is 2. The van der Waals surface area contributed by atoms with Crippen molar-refractivity contribution in [3.05, 3.63) is 77.9 Å². The number of nitrogens with one attached hydrogen (secondary N) is 2. The molecule has 3 unspecified atom stereocenters. The zero-order valence-corrected chi connectivity index (χ0v) is 28.9. The standard InChI is InChI=1S/C37H53N3O6/c1-10-12-13-17-23-40(33(42)26(3)38-35(44)46-37(7,8)9)31(29-22-18-21-27(11-2)24-29)32(41)39-30(34(43)45-36(4,5)6)25-28-19-15-14-16-20-28/h11,14-16,18-22,24,26,30-31H,2,10,12-13,17,23,25H2,1,3-9H3,(H,38,44)(H,39,41). The molecule has 0 aliphatic rings. The van der Waals surface area contributed by atoms with Gasteiger partial charge in [-0.2, -0.15) is 0 Å². The summed E-state index contributed by atoms with van der Waals surface area (Å²) in [5, 5.41) is 5.56. The molecule has 3 atom stereocenters. The van der Waals surface area contributed by atoms with E-state index in [4.69, 9.17) is 9.47 Å². The van der Waals surface area contributed by atoms with Crippen LogP contribution in [0.5, 0.6) is 0 Å². The highest BCUT2D eigenvalue weighted by Gasteiger charge is 2.37. The zero-order valence-electron chi connectivity index (χ0n) is 28.9.